The van der Waals surface area contributed by atoms with E-state index in [2.05, 4.69) is 29.7 Å². The summed E-state index contributed by atoms with van der Waals surface area (Å²) >= 11 is 0. The zero-order valence-corrected chi connectivity index (χ0v) is 14.2. The molecule has 0 saturated carbocycles. The fraction of sp³-hybridized carbons (Fsp3) is 0.350. The Labute approximate surface area is 139 Å². The van der Waals surface area contributed by atoms with E-state index in [9.17, 15) is 4.79 Å². The smallest absolute Gasteiger partial charge is 0.242 e. The molecular weight excluding hydrogens is 284 g/mol. The summed E-state index contributed by atoms with van der Waals surface area (Å²) in [6.45, 7) is 6.07. The van der Waals surface area contributed by atoms with Gasteiger partial charge in [0.1, 0.15) is 6.04 Å². The highest BCUT2D eigenvalue weighted by molar-refractivity contribution is 5.84. The van der Waals surface area contributed by atoms with E-state index < -0.39 is 0 Å². The SMILES string of the molecule is CCCC(NC(=O)C(C)Nc1cccc(C)c1)c1ccccc1. The molecule has 0 saturated heterocycles. The molecule has 2 rings (SSSR count). The molecule has 0 spiro atoms. The molecule has 122 valence electrons. The molecule has 0 aliphatic carbocycles. The molecule has 2 N–H and O–H groups in total. The van der Waals surface area contributed by atoms with Crippen LogP contribution in [0, 0.1) is 6.92 Å². The summed E-state index contributed by atoms with van der Waals surface area (Å²) < 4.78 is 0. The van der Waals surface area contributed by atoms with E-state index in [0.717, 1.165) is 24.1 Å². The van der Waals surface area contributed by atoms with E-state index >= 15 is 0 Å². The lowest BCUT2D eigenvalue weighted by molar-refractivity contribution is -0.122. The maximum Gasteiger partial charge on any atom is 0.242 e. The first kappa shape index (κ1) is 17.1. The zero-order chi connectivity index (χ0) is 16.7. The molecule has 0 heterocycles. The minimum atomic E-state index is -0.278. The van der Waals surface area contributed by atoms with Crippen LogP contribution in [0.25, 0.3) is 0 Å². The second-order valence-corrected chi connectivity index (χ2v) is 6.00. The van der Waals surface area contributed by atoms with Crippen LogP contribution in [0.2, 0.25) is 0 Å². The Kier molecular flexibility index (Phi) is 6.21. The van der Waals surface area contributed by atoms with Crippen molar-refractivity contribution in [1.29, 1.82) is 0 Å². The Hall–Kier alpha value is -2.29. The van der Waals surface area contributed by atoms with Crippen molar-refractivity contribution in [2.75, 3.05) is 5.32 Å². The Balaban J connectivity index is 2.00. The second-order valence-electron chi connectivity index (χ2n) is 6.00. The largest absolute Gasteiger partial charge is 0.374 e. The molecule has 0 aromatic heterocycles. The van der Waals surface area contributed by atoms with Gasteiger partial charge in [0.15, 0.2) is 0 Å². The van der Waals surface area contributed by atoms with E-state index in [4.69, 9.17) is 0 Å². The van der Waals surface area contributed by atoms with Crippen LogP contribution >= 0.6 is 0 Å². The van der Waals surface area contributed by atoms with Crippen molar-refractivity contribution in [3.05, 3.63) is 65.7 Å². The molecular formula is C20H26N2O. The molecule has 3 nitrogen and oxygen atoms in total. The Morgan fingerprint density at radius 1 is 1.09 bits per heavy atom. The number of hydrogen-bond donors (Lipinski definition) is 2. The Morgan fingerprint density at radius 2 is 1.83 bits per heavy atom. The van der Waals surface area contributed by atoms with Gasteiger partial charge in [0.2, 0.25) is 5.91 Å². The van der Waals surface area contributed by atoms with Crippen LogP contribution in [0.15, 0.2) is 54.6 Å². The molecule has 0 aliphatic heterocycles. The highest BCUT2D eigenvalue weighted by atomic mass is 16.2. The first-order valence-electron chi connectivity index (χ1n) is 8.28. The lowest BCUT2D eigenvalue weighted by Gasteiger charge is -2.22. The molecule has 1 amide bonds. The molecule has 2 unspecified atom stereocenters. The second kappa shape index (κ2) is 8.37. The highest BCUT2D eigenvalue weighted by Gasteiger charge is 2.18. The van der Waals surface area contributed by atoms with Crippen molar-refractivity contribution in [1.82, 2.24) is 5.32 Å². The fourth-order valence-electron chi connectivity index (χ4n) is 2.64. The van der Waals surface area contributed by atoms with E-state index in [-0.39, 0.29) is 18.0 Å². The normalized spacial score (nSPS) is 13.2. The minimum absolute atomic E-state index is 0.0220. The number of amides is 1. The number of aryl methyl sites for hydroxylation is 1. The van der Waals surface area contributed by atoms with Crippen molar-refractivity contribution in [2.24, 2.45) is 0 Å². The number of rotatable bonds is 7. The first-order chi connectivity index (χ1) is 11.1. The van der Waals surface area contributed by atoms with Gasteiger partial charge in [0, 0.05) is 5.69 Å². The van der Waals surface area contributed by atoms with Gasteiger partial charge in [-0.1, -0.05) is 55.8 Å². The lowest BCUT2D eigenvalue weighted by Crippen LogP contribution is -2.39. The minimum Gasteiger partial charge on any atom is -0.374 e. The van der Waals surface area contributed by atoms with Crippen LogP contribution in [-0.4, -0.2) is 11.9 Å². The molecule has 2 aromatic rings. The van der Waals surface area contributed by atoms with E-state index in [1.807, 2.05) is 56.3 Å². The number of anilines is 1. The Morgan fingerprint density at radius 3 is 2.48 bits per heavy atom. The van der Waals surface area contributed by atoms with Gasteiger partial charge in [0.05, 0.1) is 6.04 Å². The van der Waals surface area contributed by atoms with Crippen molar-refractivity contribution in [3.63, 3.8) is 0 Å². The third-order valence-electron chi connectivity index (χ3n) is 3.89. The van der Waals surface area contributed by atoms with E-state index in [1.165, 1.54) is 5.56 Å². The maximum absolute atomic E-state index is 12.5. The summed E-state index contributed by atoms with van der Waals surface area (Å²) in [4.78, 5) is 12.5. The molecule has 2 aromatic carbocycles. The van der Waals surface area contributed by atoms with Crippen molar-refractivity contribution in [2.45, 2.75) is 45.7 Å². The molecule has 0 bridgehead atoms. The Bertz CT molecular complexity index is 625. The molecule has 2 atom stereocenters. The van der Waals surface area contributed by atoms with Gasteiger partial charge in [-0.2, -0.15) is 0 Å². The van der Waals surface area contributed by atoms with Gasteiger partial charge >= 0.3 is 0 Å². The van der Waals surface area contributed by atoms with E-state index in [1.54, 1.807) is 0 Å². The van der Waals surface area contributed by atoms with Crippen LogP contribution in [0.1, 0.15) is 43.9 Å². The number of benzene rings is 2. The summed E-state index contributed by atoms with van der Waals surface area (Å²) in [5.74, 6) is 0.0220. The van der Waals surface area contributed by atoms with Gasteiger partial charge in [-0.15, -0.1) is 0 Å². The first-order valence-corrected chi connectivity index (χ1v) is 8.28. The summed E-state index contributed by atoms with van der Waals surface area (Å²) in [6.07, 6.45) is 1.96. The topological polar surface area (TPSA) is 41.1 Å². The van der Waals surface area contributed by atoms with Crippen molar-refractivity contribution in [3.8, 4) is 0 Å². The zero-order valence-electron chi connectivity index (χ0n) is 14.2. The summed E-state index contributed by atoms with van der Waals surface area (Å²) in [5, 5.41) is 6.44. The lowest BCUT2D eigenvalue weighted by atomic mass is 10.0. The monoisotopic (exact) mass is 310 g/mol. The average molecular weight is 310 g/mol. The summed E-state index contributed by atoms with van der Waals surface area (Å²) in [6, 6.07) is 18.0. The third-order valence-corrected chi connectivity index (χ3v) is 3.89. The number of nitrogens with one attached hydrogen (secondary N) is 2. The van der Waals surface area contributed by atoms with Gasteiger partial charge in [-0.3, -0.25) is 4.79 Å². The van der Waals surface area contributed by atoms with Gasteiger partial charge < -0.3 is 10.6 Å². The van der Waals surface area contributed by atoms with Crippen molar-refractivity contribution >= 4 is 11.6 Å². The van der Waals surface area contributed by atoms with Gasteiger partial charge in [0.25, 0.3) is 0 Å². The predicted octanol–water partition coefficient (Wildman–Crippen LogP) is 4.45. The van der Waals surface area contributed by atoms with Gasteiger partial charge in [-0.05, 0) is 43.5 Å². The quantitative estimate of drug-likeness (QED) is 0.793. The molecule has 0 fully saturated rings. The number of carbonyl (C=O) groups excluding carboxylic acids is 1. The van der Waals surface area contributed by atoms with Crippen LogP contribution in [0.3, 0.4) is 0 Å². The average Bonchev–Trinajstić information content (AvgIpc) is 2.55. The van der Waals surface area contributed by atoms with Crippen LogP contribution in [-0.2, 0) is 4.79 Å². The fourth-order valence-corrected chi connectivity index (χ4v) is 2.64. The third kappa shape index (κ3) is 5.13. The molecule has 0 radical (unpaired) electrons. The van der Waals surface area contributed by atoms with Crippen LogP contribution in [0.5, 0.6) is 0 Å². The molecule has 23 heavy (non-hydrogen) atoms. The molecule has 3 heteroatoms. The highest BCUT2D eigenvalue weighted by Crippen LogP contribution is 2.18. The van der Waals surface area contributed by atoms with Crippen LogP contribution < -0.4 is 10.6 Å². The number of hydrogen-bond acceptors (Lipinski definition) is 2. The standard InChI is InChI=1S/C20H26N2O/c1-4-9-19(17-11-6-5-7-12-17)22-20(23)16(3)21-18-13-8-10-15(2)14-18/h5-8,10-14,16,19,21H,4,9H2,1-3H3,(H,22,23). The predicted molar refractivity (Wildman–Crippen MR) is 96.5 cm³/mol. The maximum atomic E-state index is 12.5. The summed E-state index contributed by atoms with van der Waals surface area (Å²) in [7, 11) is 0. The summed E-state index contributed by atoms with van der Waals surface area (Å²) in [5.41, 5.74) is 3.31. The molecule has 0 aliphatic rings. The van der Waals surface area contributed by atoms with Crippen molar-refractivity contribution < 1.29 is 4.79 Å². The van der Waals surface area contributed by atoms with E-state index in [0.29, 0.717) is 0 Å². The van der Waals surface area contributed by atoms with Crippen LogP contribution in [0.4, 0.5) is 5.69 Å². The number of carbonyl (C=O) groups is 1. The van der Waals surface area contributed by atoms with Gasteiger partial charge in [-0.25, -0.2) is 0 Å².